The van der Waals surface area contributed by atoms with Crippen molar-refractivity contribution in [1.82, 2.24) is 0 Å². The lowest BCUT2D eigenvalue weighted by Gasteiger charge is -2.20. The number of hydrogen-bond acceptors (Lipinski definition) is 2. The molecule has 1 aliphatic carbocycles. The van der Waals surface area contributed by atoms with Crippen molar-refractivity contribution < 1.29 is 0 Å². The van der Waals surface area contributed by atoms with Crippen LogP contribution in [0.15, 0.2) is 116 Å². The molecule has 0 fully saturated rings. The quantitative estimate of drug-likeness (QED) is 0.259. The molecule has 4 aromatic rings. The Balaban J connectivity index is 1.68. The van der Waals surface area contributed by atoms with Crippen LogP contribution in [-0.4, -0.2) is 11.4 Å². The van der Waals surface area contributed by atoms with Gasteiger partial charge in [-0.3, -0.25) is 0 Å². The van der Waals surface area contributed by atoms with Gasteiger partial charge in [-0.15, -0.1) is 0 Å². The van der Waals surface area contributed by atoms with Gasteiger partial charge >= 0.3 is 0 Å². The van der Waals surface area contributed by atoms with E-state index in [1.165, 1.54) is 11.1 Å². The molecule has 1 atom stereocenters. The number of aliphatic imine (C=N–C) groups is 2. The Bertz CT molecular complexity index is 1390. The zero-order chi connectivity index (χ0) is 21.0. The fourth-order valence-electron chi connectivity index (χ4n) is 4.51. The molecule has 0 amide bonds. The molecular formula is C27H16Br2N2. The first-order chi connectivity index (χ1) is 15.2. The van der Waals surface area contributed by atoms with Crippen LogP contribution in [0.4, 0.5) is 0 Å². The molecule has 0 radical (unpaired) electrons. The second-order valence-electron chi connectivity index (χ2n) is 7.70. The maximum absolute atomic E-state index is 5.38. The molecule has 2 nitrogen and oxygen atoms in total. The summed E-state index contributed by atoms with van der Waals surface area (Å²) in [5, 5.41) is 0. The van der Waals surface area contributed by atoms with E-state index in [0.29, 0.717) is 0 Å². The normalized spacial score (nSPS) is 18.5. The van der Waals surface area contributed by atoms with E-state index in [2.05, 4.69) is 123 Å². The van der Waals surface area contributed by atoms with E-state index in [1.54, 1.807) is 0 Å². The van der Waals surface area contributed by atoms with Gasteiger partial charge in [-0.1, -0.05) is 105 Å². The molecule has 31 heavy (non-hydrogen) atoms. The van der Waals surface area contributed by atoms with Gasteiger partial charge in [-0.2, -0.15) is 0 Å². The number of benzene rings is 4. The Hall–Kier alpha value is -2.82. The van der Waals surface area contributed by atoms with Crippen LogP contribution in [0, 0.1) is 0 Å². The summed E-state index contributed by atoms with van der Waals surface area (Å²) in [5.41, 5.74) is 7.82. The summed E-state index contributed by atoms with van der Waals surface area (Å²) in [7, 11) is 0. The first kappa shape index (κ1) is 18.9. The Morgan fingerprint density at radius 2 is 1.10 bits per heavy atom. The van der Waals surface area contributed by atoms with Crippen LogP contribution in [0.25, 0.3) is 11.1 Å². The number of hydrogen-bond donors (Lipinski definition) is 0. The number of nitrogens with zero attached hydrogens (tertiary/aromatic N) is 2. The van der Waals surface area contributed by atoms with Gasteiger partial charge in [0.2, 0.25) is 5.66 Å². The van der Waals surface area contributed by atoms with Crippen molar-refractivity contribution in [2.75, 3.05) is 0 Å². The summed E-state index contributed by atoms with van der Waals surface area (Å²) < 4.78 is 2.07. The molecule has 1 heterocycles. The molecule has 0 saturated heterocycles. The standard InChI is InChI=1S/C27H16Br2N2/c28-19-12-10-18(11-13-19)26-25(17-6-2-1-3-7-17)30-27(31-26)23-9-5-4-8-21(23)22-15-14-20(29)16-24(22)27/h1-16H. The number of fused-ring (bicyclic) bond motifs is 5. The summed E-state index contributed by atoms with van der Waals surface area (Å²) in [6.07, 6.45) is 0. The smallest absolute Gasteiger partial charge is 0.204 e. The van der Waals surface area contributed by atoms with Crippen LogP contribution in [0.5, 0.6) is 0 Å². The molecule has 1 unspecified atom stereocenters. The Morgan fingerprint density at radius 3 is 1.84 bits per heavy atom. The first-order valence-electron chi connectivity index (χ1n) is 10.1. The van der Waals surface area contributed by atoms with E-state index in [4.69, 9.17) is 9.98 Å². The second kappa shape index (κ2) is 7.11. The van der Waals surface area contributed by atoms with E-state index < -0.39 is 5.66 Å². The van der Waals surface area contributed by atoms with Crippen molar-refractivity contribution in [1.29, 1.82) is 0 Å². The molecule has 4 heteroatoms. The fraction of sp³-hybridized carbons (Fsp3) is 0.0370. The molecule has 1 aliphatic heterocycles. The highest BCUT2D eigenvalue weighted by Crippen LogP contribution is 2.53. The maximum Gasteiger partial charge on any atom is 0.204 e. The summed E-state index contributed by atoms with van der Waals surface area (Å²) in [4.78, 5) is 10.8. The fourth-order valence-corrected chi connectivity index (χ4v) is 5.13. The van der Waals surface area contributed by atoms with Gasteiger partial charge in [-0.05, 0) is 35.4 Å². The van der Waals surface area contributed by atoms with E-state index in [0.717, 1.165) is 42.6 Å². The third-order valence-corrected chi connectivity index (χ3v) is 6.91. The van der Waals surface area contributed by atoms with Crippen molar-refractivity contribution in [3.63, 3.8) is 0 Å². The minimum Gasteiger partial charge on any atom is -0.243 e. The Morgan fingerprint density at radius 1 is 0.516 bits per heavy atom. The number of halogens is 2. The van der Waals surface area contributed by atoms with Gasteiger partial charge in [0, 0.05) is 31.2 Å². The van der Waals surface area contributed by atoms with E-state index in [9.17, 15) is 0 Å². The van der Waals surface area contributed by atoms with Gasteiger partial charge in [0.1, 0.15) is 0 Å². The molecule has 0 aromatic heterocycles. The molecule has 4 aromatic carbocycles. The number of rotatable bonds is 2. The minimum absolute atomic E-state index is 0.775. The lowest BCUT2D eigenvalue weighted by atomic mass is 9.99. The lowest BCUT2D eigenvalue weighted by Crippen LogP contribution is -2.17. The van der Waals surface area contributed by atoms with Gasteiger partial charge in [-0.25, -0.2) is 9.98 Å². The molecule has 6 rings (SSSR count). The van der Waals surface area contributed by atoms with Gasteiger partial charge < -0.3 is 0 Å². The second-order valence-corrected chi connectivity index (χ2v) is 9.53. The summed E-state index contributed by atoms with van der Waals surface area (Å²) in [6.45, 7) is 0. The molecule has 1 spiro atoms. The van der Waals surface area contributed by atoms with Crippen LogP contribution in [0.2, 0.25) is 0 Å². The average molecular weight is 528 g/mol. The van der Waals surface area contributed by atoms with Crippen molar-refractivity contribution in [2.45, 2.75) is 5.66 Å². The largest absolute Gasteiger partial charge is 0.243 e. The Kier molecular flexibility index (Phi) is 4.34. The molecule has 2 aliphatic rings. The topological polar surface area (TPSA) is 24.7 Å². The van der Waals surface area contributed by atoms with Crippen molar-refractivity contribution in [3.05, 3.63) is 128 Å². The van der Waals surface area contributed by atoms with Crippen LogP contribution in [0.1, 0.15) is 22.3 Å². The summed E-state index contributed by atoms with van der Waals surface area (Å²) in [6, 6.07) is 33.6. The van der Waals surface area contributed by atoms with E-state index in [1.807, 2.05) is 6.07 Å². The maximum atomic E-state index is 5.38. The SMILES string of the molecule is Brc1ccc(C2=NC3(N=C2c2ccccc2)c2ccccc2-c2ccc(Br)cc23)cc1. The highest BCUT2D eigenvalue weighted by molar-refractivity contribution is 9.10. The molecule has 0 saturated carbocycles. The third-order valence-electron chi connectivity index (χ3n) is 5.89. The van der Waals surface area contributed by atoms with Crippen LogP contribution in [-0.2, 0) is 5.66 Å². The van der Waals surface area contributed by atoms with Crippen molar-refractivity contribution in [3.8, 4) is 11.1 Å². The van der Waals surface area contributed by atoms with Crippen LogP contribution < -0.4 is 0 Å². The average Bonchev–Trinajstić information content (AvgIpc) is 3.33. The zero-order valence-corrected chi connectivity index (χ0v) is 19.6. The molecule has 148 valence electrons. The van der Waals surface area contributed by atoms with Gasteiger partial charge in [0.25, 0.3) is 0 Å². The predicted octanol–water partition coefficient (Wildman–Crippen LogP) is 7.39. The van der Waals surface area contributed by atoms with Crippen molar-refractivity contribution in [2.24, 2.45) is 9.98 Å². The monoisotopic (exact) mass is 526 g/mol. The molecule has 0 N–H and O–H groups in total. The van der Waals surface area contributed by atoms with Crippen molar-refractivity contribution >= 4 is 43.3 Å². The lowest BCUT2D eigenvalue weighted by molar-refractivity contribution is 0.605. The van der Waals surface area contributed by atoms with E-state index >= 15 is 0 Å². The van der Waals surface area contributed by atoms with Gasteiger partial charge in [0.05, 0.1) is 11.4 Å². The van der Waals surface area contributed by atoms with E-state index in [-0.39, 0.29) is 0 Å². The van der Waals surface area contributed by atoms with Gasteiger partial charge in [0.15, 0.2) is 0 Å². The Labute approximate surface area is 197 Å². The summed E-state index contributed by atoms with van der Waals surface area (Å²) in [5.74, 6) is 0. The summed E-state index contributed by atoms with van der Waals surface area (Å²) >= 11 is 7.22. The predicted molar refractivity (Wildman–Crippen MR) is 134 cm³/mol. The van der Waals surface area contributed by atoms with Crippen LogP contribution in [0.3, 0.4) is 0 Å². The first-order valence-corrected chi connectivity index (χ1v) is 11.7. The highest BCUT2D eigenvalue weighted by Gasteiger charge is 2.47. The minimum atomic E-state index is -0.775. The van der Waals surface area contributed by atoms with Crippen LogP contribution >= 0.6 is 31.9 Å². The third kappa shape index (κ3) is 2.89. The molecular weight excluding hydrogens is 512 g/mol. The zero-order valence-electron chi connectivity index (χ0n) is 16.4. The molecule has 0 bridgehead atoms. The highest BCUT2D eigenvalue weighted by atomic mass is 79.9.